The molecular weight excluding hydrogens is 218 g/mol. The Kier molecular flexibility index (Phi) is 2.53. The predicted molar refractivity (Wildman–Crippen MR) is 63.9 cm³/mol. The van der Waals surface area contributed by atoms with E-state index in [1.165, 1.54) is 0 Å². The van der Waals surface area contributed by atoms with Crippen LogP contribution >= 0.6 is 0 Å². The monoisotopic (exact) mass is 235 g/mol. The summed E-state index contributed by atoms with van der Waals surface area (Å²) in [5.41, 5.74) is 0.533. The van der Waals surface area contributed by atoms with Crippen molar-refractivity contribution in [1.29, 1.82) is 0 Å². The van der Waals surface area contributed by atoms with Crippen molar-refractivity contribution in [3.63, 3.8) is 0 Å². The largest absolute Gasteiger partial charge is 0.478 e. The minimum atomic E-state index is -0.781. The lowest BCUT2D eigenvalue weighted by Gasteiger charge is -2.46. The van der Waals surface area contributed by atoms with Gasteiger partial charge in [-0.1, -0.05) is 0 Å². The van der Waals surface area contributed by atoms with Gasteiger partial charge in [0, 0.05) is 31.9 Å². The van der Waals surface area contributed by atoms with Gasteiger partial charge in [-0.05, 0) is 19.3 Å². The molecule has 5 heteroatoms. The molecular formula is C12H17N3O2. The molecule has 0 radical (unpaired) electrons. The van der Waals surface area contributed by atoms with Gasteiger partial charge in [0.15, 0.2) is 0 Å². The number of carboxylic acid groups (broad SMARTS) is 1. The maximum Gasteiger partial charge on any atom is 0.333 e. The van der Waals surface area contributed by atoms with Crippen molar-refractivity contribution in [3.05, 3.63) is 11.8 Å². The van der Waals surface area contributed by atoms with Gasteiger partial charge in [0.05, 0.1) is 12.1 Å². The van der Waals surface area contributed by atoms with Crippen LogP contribution in [0.5, 0.6) is 0 Å². The van der Waals surface area contributed by atoms with Gasteiger partial charge < -0.3 is 14.9 Å². The second-order valence-electron chi connectivity index (χ2n) is 4.92. The number of hydrogen-bond acceptors (Lipinski definition) is 4. The van der Waals surface area contributed by atoms with Crippen molar-refractivity contribution >= 4 is 11.8 Å². The fourth-order valence-corrected chi connectivity index (χ4v) is 2.85. The zero-order valence-corrected chi connectivity index (χ0v) is 9.80. The molecule has 17 heavy (non-hydrogen) atoms. The first kappa shape index (κ1) is 10.6. The maximum absolute atomic E-state index is 11.0. The number of aliphatic imine (C=N–C) groups is 1. The summed E-state index contributed by atoms with van der Waals surface area (Å²) in [5.74, 6) is 0.354. The molecule has 0 aromatic rings. The standard InChI is InChI=1S/C12H17N3O2/c16-12(17)9-2-3-10-7-14-5-1-4-13-11(14)8-15(10)6-9/h6,10H,1-5,7-8H2,(H,16,17). The minimum absolute atomic E-state index is 0.468. The van der Waals surface area contributed by atoms with Crippen LogP contribution in [0.4, 0.5) is 0 Å². The van der Waals surface area contributed by atoms with E-state index in [0.717, 1.165) is 44.9 Å². The Morgan fingerprint density at radius 2 is 2.41 bits per heavy atom. The second kappa shape index (κ2) is 4.05. The molecule has 1 unspecified atom stereocenters. The normalized spacial score (nSPS) is 27.9. The summed E-state index contributed by atoms with van der Waals surface area (Å²) >= 11 is 0. The van der Waals surface area contributed by atoms with E-state index >= 15 is 0 Å². The molecule has 3 aliphatic heterocycles. The summed E-state index contributed by atoms with van der Waals surface area (Å²) in [6.07, 6.45) is 4.61. The molecule has 1 fully saturated rings. The highest BCUT2D eigenvalue weighted by Crippen LogP contribution is 2.25. The first-order valence-corrected chi connectivity index (χ1v) is 6.22. The van der Waals surface area contributed by atoms with Crippen molar-refractivity contribution in [3.8, 4) is 0 Å². The number of rotatable bonds is 1. The summed E-state index contributed by atoms with van der Waals surface area (Å²) in [5, 5.41) is 9.03. The molecule has 0 amide bonds. The van der Waals surface area contributed by atoms with Crippen LogP contribution in [0.3, 0.4) is 0 Å². The summed E-state index contributed by atoms with van der Waals surface area (Å²) in [6.45, 7) is 3.81. The number of piperazine rings is 1. The number of carboxylic acids is 1. The van der Waals surface area contributed by atoms with Crippen LogP contribution in [0.1, 0.15) is 19.3 Å². The van der Waals surface area contributed by atoms with Gasteiger partial charge in [0.2, 0.25) is 0 Å². The van der Waals surface area contributed by atoms with Crippen molar-refractivity contribution in [2.24, 2.45) is 4.99 Å². The van der Waals surface area contributed by atoms with Gasteiger partial charge in [-0.25, -0.2) is 4.79 Å². The topological polar surface area (TPSA) is 56.1 Å². The molecule has 1 N–H and O–H groups in total. The van der Waals surface area contributed by atoms with E-state index in [0.29, 0.717) is 18.0 Å². The molecule has 0 aromatic carbocycles. The summed E-state index contributed by atoms with van der Waals surface area (Å²) in [7, 11) is 0. The highest BCUT2D eigenvalue weighted by Gasteiger charge is 2.33. The van der Waals surface area contributed by atoms with E-state index < -0.39 is 5.97 Å². The number of fused-ring (bicyclic) bond motifs is 2. The predicted octanol–water partition coefficient (Wildman–Crippen LogP) is 0.537. The van der Waals surface area contributed by atoms with Crippen molar-refractivity contribution in [1.82, 2.24) is 9.80 Å². The smallest absolute Gasteiger partial charge is 0.333 e. The third-order valence-corrected chi connectivity index (χ3v) is 3.81. The Hall–Kier alpha value is -1.52. The van der Waals surface area contributed by atoms with Crippen LogP contribution in [0.25, 0.3) is 0 Å². The maximum atomic E-state index is 11.0. The van der Waals surface area contributed by atoms with Crippen LogP contribution in [0.15, 0.2) is 16.8 Å². The van der Waals surface area contributed by atoms with Crippen molar-refractivity contribution < 1.29 is 9.90 Å². The molecule has 0 aromatic heterocycles. The number of hydrogen-bond donors (Lipinski definition) is 1. The number of amidine groups is 1. The highest BCUT2D eigenvalue weighted by molar-refractivity contribution is 5.88. The molecule has 0 saturated carbocycles. The van der Waals surface area contributed by atoms with Gasteiger partial charge in [0.25, 0.3) is 0 Å². The van der Waals surface area contributed by atoms with E-state index in [1.54, 1.807) is 0 Å². The quantitative estimate of drug-likeness (QED) is 0.720. The number of aliphatic carboxylic acids is 1. The molecule has 3 rings (SSSR count). The fraction of sp³-hybridized carbons (Fsp3) is 0.667. The average molecular weight is 235 g/mol. The number of nitrogens with zero attached hydrogens (tertiary/aromatic N) is 3. The van der Waals surface area contributed by atoms with Crippen molar-refractivity contribution in [2.75, 3.05) is 26.2 Å². The van der Waals surface area contributed by atoms with Gasteiger partial charge in [-0.3, -0.25) is 4.99 Å². The minimum Gasteiger partial charge on any atom is -0.478 e. The lowest BCUT2D eigenvalue weighted by atomic mass is 9.97. The highest BCUT2D eigenvalue weighted by atomic mass is 16.4. The summed E-state index contributed by atoms with van der Waals surface area (Å²) in [4.78, 5) is 20.0. The van der Waals surface area contributed by atoms with E-state index in [4.69, 9.17) is 5.11 Å². The fourth-order valence-electron chi connectivity index (χ4n) is 2.85. The van der Waals surface area contributed by atoms with Gasteiger partial charge in [-0.2, -0.15) is 0 Å². The van der Waals surface area contributed by atoms with E-state index in [2.05, 4.69) is 14.8 Å². The molecule has 3 aliphatic rings. The zero-order chi connectivity index (χ0) is 11.8. The lowest BCUT2D eigenvalue weighted by Crippen LogP contribution is -2.56. The van der Waals surface area contributed by atoms with Gasteiger partial charge in [-0.15, -0.1) is 0 Å². The van der Waals surface area contributed by atoms with E-state index in [9.17, 15) is 4.79 Å². The Bertz CT molecular complexity index is 403. The van der Waals surface area contributed by atoms with Crippen LogP contribution in [0, 0.1) is 0 Å². The second-order valence-corrected chi connectivity index (χ2v) is 4.92. The van der Waals surface area contributed by atoms with Gasteiger partial charge >= 0.3 is 5.97 Å². The molecule has 0 aliphatic carbocycles. The molecule has 3 heterocycles. The van der Waals surface area contributed by atoms with E-state index in [-0.39, 0.29) is 0 Å². The molecule has 0 bridgehead atoms. The Balaban J connectivity index is 1.81. The third-order valence-electron chi connectivity index (χ3n) is 3.81. The Morgan fingerprint density at radius 3 is 3.24 bits per heavy atom. The Morgan fingerprint density at radius 1 is 1.53 bits per heavy atom. The van der Waals surface area contributed by atoms with Crippen LogP contribution < -0.4 is 0 Å². The third kappa shape index (κ3) is 1.90. The number of carbonyl (C=O) groups is 1. The zero-order valence-electron chi connectivity index (χ0n) is 9.80. The first-order valence-electron chi connectivity index (χ1n) is 6.22. The average Bonchev–Trinajstić information content (AvgIpc) is 2.35. The molecule has 1 atom stereocenters. The van der Waals surface area contributed by atoms with Crippen molar-refractivity contribution in [2.45, 2.75) is 25.3 Å². The summed E-state index contributed by atoms with van der Waals surface area (Å²) in [6, 6.07) is 0.468. The van der Waals surface area contributed by atoms with Crippen LogP contribution in [-0.2, 0) is 4.79 Å². The molecule has 1 saturated heterocycles. The molecule has 92 valence electrons. The SMILES string of the molecule is O=C(O)C1=CN2CC3=NCCCN3CC2CC1. The first-order chi connectivity index (χ1) is 8.24. The molecule has 5 nitrogen and oxygen atoms in total. The Labute approximate surface area is 100 Å². The van der Waals surface area contributed by atoms with Crippen LogP contribution in [0.2, 0.25) is 0 Å². The molecule has 0 spiro atoms. The lowest BCUT2D eigenvalue weighted by molar-refractivity contribution is -0.133. The van der Waals surface area contributed by atoms with E-state index in [1.807, 2.05) is 6.20 Å². The summed E-state index contributed by atoms with van der Waals surface area (Å²) < 4.78 is 0. The van der Waals surface area contributed by atoms with Gasteiger partial charge in [0.1, 0.15) is 5.84 Å². The van der Waals surface area contributed by atoms with Crippen LogP contribution in [-0.4, -0.2) is 58.9 Å².